The zero-order chi connectivity index (χ0) is 14.7. The Kier molecular flexibility index (Phi) is 3.74. The van der Waals surface area contributed by atoms with E-state index in [2.05, 4.69) is 10.3 Å². The van der Waals surface area contributed by atoms with Crippen molar-refractivity contribution >= 4 is 11.9 Å². The molecule has 0 aliphatic heterocycles. The fourth-order valence-electron chi connectivity index (χ4n) is 1.74. The van der Waals surface area contributed by atoms with Crippen molar-refractivity contribution in [2.75, 3.05) is 0 Å². The predicted octanol–water partition coefficient (Wildman–Crippen LogP) is 1.26. The van der Waals surface area contributed by atoms with Crippen molar-refractivity contribution in [2.24, 2.45) is 0 Å². The van der Waals surface area contributed by atoms with Crippen molar-refractivity contribution in [1.29, 1.82) is 0 Å². The van der Waals surface area contributed by atoms with E-state index in [0.717, 1.165) is 4.68 Å². The summed E-state index contributed by atoms with van der Waals surface area (Å²) in [6.45, 7) is -0.0979. The Labute approximate surface area is 112 Å². The zero-order valence-corrected chi connectivity index (χ0v) is 10.2. The van der Waals surface area contributed by atoms with Gasteiger partial charge in [0.15, 0.2) is 5.69 Å². The number of aliphatic carboxylic acids is 1. The largest absolute Gasteiger partial charge is 0.481 e. The van der Waals surface area contributed by atoms with Crippen LogP contribution in [0.1, 0.15) is 16.9 Å². The second-order valence-corrected chi connectivity index (χ2v) is 3.94. The van der Waals surface area contributed by atoms with Gasteiger partial charge in [0.1, 0.15) is 11.5 Å². The first kappa shape index (κ1) is 13.7. The molecule has 0 fully saturated rings. The summed E-state index contributed by atoms with van der Waals surface area (Å²) in [6.07, 6.45) is -0.274. The van der Waals surface area contributed by atoms with Gasteiger partial charge in [0.2, 0.25) is 0 Å². The molecule has 0 aliphatic carbocycles. The molecule has 0 spiro atoms. The molecule has 2 aromatic rings. The van der Waals surface area contributed by atoms with E-state index in [1.807, 2.05) is 0 Å². The fraction of sp³-hybridized carbons (Fsp3) is 0.167. The van der Waals surface area contributed by atoms with Crippen LogP contribution in [-0.2, 0) is 11.3 Å². The molecule has 20 heavy (non-hydrogen) atoms. The number of hydrogen-bond acceptors (Lipinski definition) is 4. The summed E-state index contributed by atoms with van der Waals surface area (Å²) in [4.78, 5) is 21.7. The maximum absolute atomic E-state index is 13.8. The molecule has 7 nitrogen and oxygen atoms in total. The van der Waals surface area contributed by atoms with Crippen molar-refractivity contribution in [2.45, 2.75) is 13.0 Å². The SMILES string of the molecule is O=C(O)CCn1nnc(C(=O)O)c1-c1ccccc1F. The molecule has 0 bridgehead atoms. The van der Waals surface area contributed by atoms with E-state index < -0.39 is 23.4 Å². The van der Waals surface area contributed by atoms with Crippen LogP contribution in [-0.4, -0.2) is 37.1 Å². The third-order valence-electron chi connectivity index (χ3n) is 2.60. The molecule has 0 radical (unpaired) electrons. The van der Waals surface area contributed by atoms with Crippen LogP contribution in [0.15, 0.2) is 24.3 Å². The highest BCUT2D eigenvalue weighted by molar-refractivity contribution is 5.92. The van der Waals surface area contributed by atoms with E-state index in [4.69, 9.17) is 10.2 Å². The molecular formula is C12H10FN3O4. The summed E-state index contributed by atoms with van der Waals surface area (Å²) in [5.41, 5.74) is -0.447. The number of aromatic nitrogens is 3. The highest BCUT2D eigenvalue weighted by atomic mass is 19.1. The summed E-state index contributed by atoms with van der Waals surface area (Å²) in [5.74, 6) is -3.06. The van der Waals surface area contributed by atoms with Crippen molar-refractivity contribution in [3.05, 3.63) is 35.8 Å². The molecule has 8 heteroatoms. The van der Waals surface area contributed by atoms with E-state index in [9.17, 15) is 14.0 Å². The Bertz CT molecular complexity index is 668. The number of carbonyl (C=O) groups is 2. The van der Waals surface area contributed by atoms with Crippen molar-refractivity contribution in [3.8, 4) is 11.3 Å². The lowest BCUT2D eigenvalue weighted by molar-refractivity contribution is -0.137. The second kappa shape index (κ2) is 5.47. The Morgan fingerprint density at radius 2 is 1.95 bits per heavy atom. The van der Waals surface area contributed by atoms with Gasteiger partial charge in [-0.1, -0.05) is 17.3 Å². The summed E-state index contributed by atoms with van der Waals surface area (Å²) in [7, 11) is 0. The molecule has 1 heterocycles. The molecule has 0 unspecified atom stereocenters. The minimum Gasteiger partial charge on any atom is -0.481 e. The molecule has 104 valence electrons. The normalized spacial score (nSPS) is 10.4. The number of hydrogen-bond donors (Lipinski definition) is 2. The lowest BCUT2D eigenvalue weighted by Gasteiger charge is -2.06. The summed E-state index contributed by atoms with van der Waals surface area (Å²) in [5, 5.41) is 24.8. The minimum absolute atomic E-state index is 0.0142. The molecule has 0 aliphatic rings. The molecule has 0 saturated heterocycles. The lowest BCUT2D eigenvalue weighted by Crippen LogP contribution is -2.09. The second-order valence-electron chi connectivity index (χ2n) is 3.94. The maximum atomic E-state index is 13.8. The average molecular weight is 279 g/mol. The summed E-state index contributed by atoms with van der Waals surface area (Å²) < 4.78 is 14.9. The van der Waals surface area contributed by atoms with E-state index in [-0.39, 0.29) is 24.2 Å². The van der Waals surface area contributed by atoms with Crippen LogP contribution >= 0.6 is 0 Å². The highest BCUT2D eigenvalue weighted by Gasteiger charge is 2.22. The fourth-order valence-corrected chi connectivity index (χ4v) is 1.74. The molecule has 0 atom stereocenters. The van der Waals surface area contributed by atoms with Gasteiger partial charge < -0.3 is 10.2 Å². The first-order valence-corrected chi connectivity index (χ1v) is 5.64. The van der Waals surface area contributed by atoms with E-state index >= 15 is 0 Å². The van der Waals surface area contributed by atoms with Crippen LogP contribution in [0.3, 0.4) is 0 Å². The Morgan fingerprint density at radius 3 is 2.55 bits per heavy atom. The Balaban J connectivity index is 2.53. The first-order valence-electron chi connectivity index (χ1n) is 5.64. The van der Waals surface area contributed by atoms with Crippen LogP contribution in [0.5, 0.6) is 0 Å². The average Bonchev–Trinajstić information content (AvgIpc) is 2.80. The van der Waals surface area contributed by atoms with Crippen LogP contribution < -0.4 is 0 Å². The molecule has 1 aromatic heterocycles. The maximum Gasteiger partial charge on any atom is 0.358 e. The van der Waals surface area contributed by atoms with Gasteiger partial charge in [-0.15, -0.1) is 5.10 Å². The summed E-state index contributed by atoms with van der Waals surface area (Å²) in [6, 6.07) is 5.57. The van der Waals surface area contributed by atoms with Crippen LogP contribution in [0.2, 0.25) is 0 Å². The van der Waals surface area contributed by atoms with Crippen LogP contribution in [0, 0.1) is 5.82 Å². The molecule has 0 amide bonds. The van der Waals surface area contributed by atoms with Gasteiger partial charge in [-0.25, -0.2) is 13.9 Å². The molecular weight excluding hydrogens is 269 g/mol. The monoisotopic (exact) mass is 279 g/mol. The van der Waals surface area contributed by atoms with Gasteiger partial charge in [0, 0.05) is 5.56 Å². The standard InChI is InChI=1S/C12H10FN3O4/c13-8-4-2-1-3-7(8)11-10(12(19)20)14-15-16(11)6-5-9(17)18/h1-4H,5-6H2,(H,17,18)(H,19,20). The van der Waals surface area contributed by atoms with Gasteiger partial charge in [-0.05, 0) is 12.1 Å². The van der Waals surface area contributed by atoms with Crippen molar-refractivity contribution in [3.63, 3.8) is 0 Å². The topological polar surface area (TPSA) is 105 Å². The number of aromatic carboxylic acids is 1. The van der Waals surface area contributed by atoms with Gasteiger partial charge in [-0.3, -0.25) is 4.79 Å². The number of carboxylic acid groups (broad SMARTS) is 2. The third kappa shape index (κ3) is 2.63. The smallest absolute Gasteiger partial charge is 0.358 e. The van der Waals surface area contributed by atoms with Gasteiger partial charge in [0.05, 0.1) is 13.0 Å². The van der Waals surface area contributed by atoms with Crippen molar-refractivity contribution in [1.82, 2.24) is 15.0 Å². The summed E-state index contributed by atoms with van der Waals surface area (Å²) >= 11 is 0. The lowest BCUT2D eigenvalue weighted by atomic mass is 10.1. The molecule has 0 saturated carbocycles. The molecule has 2 N–H and O–H groups in total. The Morgan fingerprint density at radius 1 is 1.25 bits per heavy atom. The Hall–Kier alpha value is -2.77. The third-order valence-corrected chi connectivity index (χ3v) is 2.60. The van der Waals surface area contributed by atoms with E-state index in [1.165, 1.54) is 18.2 Å². The number of halogens is 1. The van der Waals surface area contributed by atoms with E-state index in [0.29, 0.717) is 0 Å². The van der Waals surface area contributed by atoms with E-state index in [1.54, 1.807) is 6.07 Å². The van der Waals surface area contributed by atoms with Gasteiger partial charge in [0.25, 0.3) is 0 Å². The number of rotatable bonds is 5. The molecule has 1 aromatic carbocycles. The van der Waals surface area contributed by atoms with Crippen LogP contribution in [0.4, 0.5) is 4.39 Å². The van der Waals surface area contributed by atoms with Gasteiger partial charge in [-0.2, -0.15) is 0 Å². The predicted molar refractivity (Wildman–Crippen MR) is 64.6 cm³/mol. The number of carboxylic acids is 2. The quantitative estimate of drug-likeness (QED) is 0.853. The highest BCUT2D eigenvalue weighted by Crippen LogP contribution is 2.25. The van der Waals surface area contributed by atoms with Gasteiger partial charge >= 0.3 is 11.9 Å². The number of aryl methyl sites for hydroxylation is 1. The van der Waals surface area contributed by atoms with Crippen molar-refractivity contribution < 1.29 is 24.2 Å². The first-order chi connectivity index (χ1) is 9.50. The minimum atomic E-state index is -1.36. The zero-order valence-electron chi connectivity index (χ0n) is 10.2. The molecule has 2 rings (SSSR count). The van der Waals surface area contributed by atoms with Crippen LogP contribution in [0.25, 0.3) is 11.3 Å². The number of nitrogens with zero attached hydrogens (tertiary/aromatic N) is 3. The number of benzene rings is 1.